The first kappa shape index (κ1) is 16.3. The van der Waals surface area contributed by atoms with E-state index in [9.17, 15) is 4.79 Å². The van der Waals surface area contributed by atoms with Gasteiger partial charge in [-0.15, -0.1) is 0 Å². The van der Waals surface area contributed by atoms with Crippen LogP contribution in [0.5, 0.6) is 0 Å². The Balaban J connectivity index is 1.63. The Morgan fingerprint density at radius 3 is 2.13 bits per heavy atom. The summed E-state index contributed by atoms with van der Waals surface area (Å²) in [4.78, 5) is 19.4. The molecule has 4 heteroatoms. The van der Waals surface area contributed by atoms with Crippen LogP contribution in [-0.2, 0) is 10.2 Å². The molecule has 0 N–H and O–H groups in total. The lowest BCUT2D eigenvalue weighted by atomic mass is 9.94. The van der Waals surface area contributed by atoms with Gasteiger partial charge in [-0.1, -0.05) is 12.1 Å². The van der Waals surface area contributed by atoms with Crippen LogP contribution >= 0.6 is 0 Å². The maximum absolute atomic E-state index is 12.9. The molecule has 0 saturated heterocycles. The normalized spacial score (nSPS) is 18.8. The highest BCUT2D eigenvalue weighted by molar-refractivity contribution is 5.91. The van der Waals surface area contributed by atoms with Crippen molar-refractivity contribution in [1.29, 1.82) is 0 Å². The molecule has 2 aliphatic carbocycles. The minimum atomic E-state index is -0.252. The second kappa shape index (κ2) is 6.16. The lowest BCUT2D eigenvalue weighted by Gasteiger charge is -2.26. The monoisotopic (exact) mass is 315 g/mol. The summed E-state index contributed by atoms with van der Waals surface area (Å²) in [6, 6.07) is 9.24. The molecule has 0 spiro atoms. The van der Waals surface area contributed by atoms with Gasteiger partial charge in [-0.3, -0.25) is 4.79 Å². The van der Waals surface area contributed by atoms with Crippen LogP contribution in [0.25, 0.3) is 0 Å². The van der Waals surface area contributed by atoms with Gasteiger partial charge < -0.3 is 14.7 Å². The summed E-state index contributed by atoms with van der Waals surface area (Å²) in [7, 11) is 8.20. The molecule has 4 nitrogen and oxygen atoms in total. The zero-order valence-corrected chi connectivity index (χ0v) is 14.9. The first-order valence-corrected chi connectivity index (χ1v) is 8.68. The fraction of sp³-hybridized carbons (Fsp3) is 0.632. The van der Waals surface area contributed by atoms with Crippen molar-refractivity contribution in [2.75, 3.05) is 46.2 Å². The van der Waals surface area contributed by atoms with E-state index >= 15 is 0 Å². The van der Waals surface area contributed by atoms with Crippen molar-refractivity contribution in [3.8, 4) is 0 Å². The van der Waals surface area contributed by atoms with E-state index in [1.165, 1.54) is 24.1 Å². The minimum absolute atomic E-state index is 0.252. The van der Waals surface area contributed by atoms with Gasteiger partial charge in [-0.2, -0.15) is 0 Å². The Morgan fingerprint density at radius 1 is 1.04 bits per heavy atom. The highest BCUT2D eigenvalue weighted by Gasteiger charge is 2.52. The van der Waals surface area contributed by atoms with Crippen LogP contribution in [0.15, 0.2) is 24.3 Å². The molecule has 0 aliphatic heterocycles. The highest BCUT2D eigenvalue weighted by atomic mass is 16.2. The quantitative estimate of drug-likeness (QED) is 0.773. The van der Waals surface area contributed by atoms with E-state index in [4.69, 9.17) is 0 Å². The molecular weight excluding hydrogens is 286 g/mol. The Hall–Kier alpha value is -1.55. The number of amides is 1. The van der Waals surface area contributed by atoms with Gasteiger partial charge in [0.05, 0.1) is 5.41 Å². The van der Waals surface area contributed by atoms with Crippen molar-refractivity contribution in [2.24, 2.45) is 0 Å². The van der Waals surface area contributed by atoms with E-state index in [-0.39, 0.29) is 5.41 Å². The molecule has 0 heterocycles. The molecule has 1 amide bonds. The van der Waals surface area contributed by atoms with Crippen LogP contribution in [0.2, 0.25) is 0 Å². The Bertz CT molecular complexity index is 558. The Kier molecular flexibility index (Phi) is 4.37. The molecule has 2 saturated carbocycles. The molecular formula is C19H29N3O. The number of hydrogen-bond acceptors (Lipinski definition) is 3. The van der Waals surface area contributed by atoms with Crippen LogP contribution in [0.1, 0.15) is 31.2 Å². The predicted molar refractivity (Wildman–Crippen MR) is 95.0 cm³/mol. The Labute approximate surface area is 140 Å². The largest absolute Gasteiger partial charge is 0.378 e. The smallest absolute Gasteiger partial charge is 0.233 e. The van der Waals surface area contributed by atoms with Gasteiger partial charge in [-0.05, 0) is 50.4 Å². The molecule has 0 aromatic heterocycles. The first-order valence-electron chi connectivity index (χ1n) is 8.68. The van der Waals surface area contributed by atoms with Gasteiger partial charge >= 0.3 is 0 Å². The third-order valence-electron chi connectivity index (χ3n) is 5.40. The first-order chi connectivity index (χ1) is 10.9. The van der Waals surface area contributed by atoms with Gasteiger partial charge in [-0.25, -0.2) is 0 Å². The average molecular weight is 315 g/mol. The molecule has 0 radical (unpaired) electrons. The minimum Gasteiger partial charge on any atom is -0.378 e. The van der Waals surface area contributed by atoms with Crippen molar-refractivity contribution in [3.05, 3.63) is 29.8 Å². The standard InChI is InChI=1S/C19H29N3O/c1-20(2)16-7-5-15(6-8-16)19(11-12-19)18(23)22(4)14-13-21(3)17-9-10-17/h5-8,17H,9-14H2,1-4H3. The number of carbonyl (C=O) groups excluding carboxylic acids is 1. The SMILES string of the molecule is CN(CCN(C)C1CC1)C(=O)C1(c2ccc(N(C)C)cc2)CC1. The lowest BCUT2D eigenvalue weighted by molar-refractivity contribution is -0.132. The number of benzene rings is 1. The van der Waals surface area contributed by atoms with Crippen LogP contribution < -0.4 is 4.90 Å². The molecule has 0 unspecified atom stereocenters. The fourth-order valence-electron chi connectivity index (χ4n) is 3.30. The molecule has 2 aliphatic rings. The zero-order chi connectivity index (χ0) is 16.6. The van der Waals surface area contributed by atoms with E-state index < -0.39 is 0 Å². The van der Waals surface area contributed by atoms with Crippen LogP contribution in [0.3, 0.4) is 0 Å². The number of hydrogen-bond donors (Lipinski definition) is 0. The van der Waals surface area contributed by atoms with E-state index in [0.717, 1.165) is 32.0 Å². The van der Waals surface area contributed by atoms with Gasteiger partial charge in [0.25, 0.3) is 0 Å². The van der Waals surface area contributed by atoms with Gasteiger partial charge in [0, 0.05) is 46.0 Å². The highest BCUT2D eigenvalue weighted by Crippen LogP contribution is 2.49. The van der Waals surface area contributed by atoms with E-state index in [1.54, 1.807) is 0 Å². The number of likely N-dealkylation sites (N-methyl/N-ethyl adjacent to an activating group) is 2. The summed E-state index contributed by atoms with van der Waals surface area (Å²) < 4.78 is 0. The van der Waals surface area contributed by atoms with E-state index in [2.05, 4.69) is 41.1 Å². The average Bonchev–Trinajstić information content (AvgIpc) is 3.44. The Morgan fingerprint density at radius 2 is 1.65 bits per heavy atom. The second-order valence-corrected chi connectivity index (χ2v) is 7.46. The summed E-state index contributed by atoms with van der Waals surface area (Å²) >= 11 is 0. The third-order valence-corrected chi connectivity index (χ3v) is 5.40. The molecule has 1 aromatic carbocycles. The van der Waals surface area contributed by atoms with Gasteiger partial charge in [0.2, 0.25) is 5.91 Å². The number of nitrogens with zero attached hydrogens (tertiary/aromatic N) is 3. The van der Waals surface area contributed by atoms with Crippen molar-refractivity contribution in [3.63, 3.8) is 0 Å². The summed E-state index contributed by atoms with van der Waals surface area (Å²) in [6.45, 7) is 1.80. The maximum atomic E-state index is 12.9. The summed E-state index contributed by atoms with van der Waals surface area (Å²) in [5.41, 5.74) is 2.10. The van der Waals surface area contributed by atoms with Crippen LogP contribution in [0, 0.1) is 0 Å². The molecule has 3 rings (SSSR count). The van der Waals surface area contributed by atoms with E-state index in [0.29, 0.717) is 5.91 Å². The molecule has 0 bridgehead atoms. The van der Waals surface area contributed by atoms with Crippen molar-refractivity contribution < 1.29 is 4.79 Å². The number of rotatable bonds is 7. The number of carbonyl (C=O) groups is 1. The summed E-state index contributed by atoms with van der Waals surface area (Å²) in [5.74, 6) is 0.291. The second-order valence-electron chi connectivity index (χ2n) is 7.46. The molecule has 23 heavy (non-hydrogen) atoms. The molecule has 126 valence electrons. The zero-order valence-electron chi connectivity index (χ0n) is 14.9. The van der Waals surface area contributed by atoms with Crippen molar-refractivity contribution in [1.82, 2.24) is 9.80 Å². The predicted octanol–water partition coefficient (Wildman–Crippen LogP) is 2.34. The van der Waals surface area contributed by atoms with Crippen molar-refractivity contribution >= 4 is 11.6 Å². The fourth-order valence-corrected chi connectivity index (χ4v) is 3.30. The van der Waals surface area contributed by atoms with Crippen LogP contribution in [-0.4, -0.2) is 63.0 Å². The summed E-state index contributed by atoms with van der Waals surface area (Å²) in [5, 5.41) is 0. The molecule has 0 atom stereocenters. The number of anilines is 1. The van der Waals surface area contributed by atoms with E-state index in [1.807, 2.05) is 26.0 Å². The third kappa shape index (κ3) is 3.37. The van der Waals surface area contributed by atoms with Crippen LogP contribution in [0.4, 0.5) is 5.69 Å². The maximum Gasteiger partial charge on any atom is 0.233 e. The van der Waals surface area contributed by atoms with Crippen molar-refractivity contribution in [2.45, 2.75) is 37.1 Å². The van der Waals surface area contributed by atoms with Gasteiger partial charge in [0.1, 0.15) is 0 Å². The lowest BCUT2D eigenvalue weighted by Crippen LogP contribution is -2.41. The van der Waals surface area contributed by atoms with Gasteiger partial charge in [0.15, 0.2) is 0 Å². The molecule has 2 fully saturated rings. The summed E-state index contributed by atoms with van der Waals surface area (Å²) in [6.07, 6.45) is 4.60. The molecule has 1 aromatic rings. The topological polar surface area (TPSA) is 26.8 Å².